The molecule has 14 nitrogen and oxygen atoms in total. The van der Waals surface area contributed by atoms with Crippen molar-refractivity contribution >= 4 is 23.8 Å². The number of carbonyl (C=O) groups excluding carboxylic acids is 2. The molecule has 0 saturated heterocycles. The second-order valence-corrected chi connectivity index (χ2v) is 15.3. The molecule has 6 atom stereocenters. The number of benzene rings is 3. The number of aliphatic hydroxyl groups is 2. The number of carbonyl (C=O) groups is 2. The summed E-state index contributed by atoms with van der Waals surface area (Å²) in [6.07, 6.45) is 9.07. The number of nitro groups is 1. The van der Waals surface area contributed by atoms with E-state index in [-0.39, 0.29) is 62.0 Å². The molecule has 3 aliphatic rings. The molecule has 2 N–H and O–H groups in total. The van der Waals surface area contributed by atoms with Crippen molar-refractivity contribution in [1.82, 2.24) is 4.90 Å². The van der Waals surface area contributed by atoms with Gasteiger partial charge in [0.1, 0.15) is 41.9 Å². The molecule has 60 heavy (non-hydrogen) atoms. The first kappa shape index (κ1) is 44.0. The van der Waals surface area contributed by atoms with Crippen molar-refractivity contribution in [3.63, 3.8) is 0 Å². The number of amides is 1. The van der Waals surface area contributed by atoms with Crippen LogP contribution in [-0.2, 0) is 9.57 Å². The second kappa shape index (κ2) is 20.6. The lowest BCUT2D eigenvalue weighted by Crippen LogP contribution is -2.70. The van der Waals surface area contributed by atoms with Gasteiger partial charge in [-0.2, -0.15) is 0 Å². The van der Waals surface area contributed by atoms with E-state index in [2.05, 4.69) is 12.7 Å². The SMILES string of the molecule is C=CCOC12Oc3ccc(Oc4cccc(C=O)c4)cc3C3C(CCCCO)C(CCCCO)C=C(C(=NOCC)CC1N(CCC)C(=O)Oc1ccc([N+](=O)[O-])cc1)C32. The Labute approximate surface area is 350 Å². The summed E-state index contributed by atoms with van der Waals surface area (Å²) in [4.78, 5) is 44.4. The minimum absolute atomic E-state index is 0.00855. The molecular formula is C46H55N3O11. The van der Waals surface area contributed by atoms with Crippen LogP contribution in [0.25, 0.3) is 0 Å². The van der Waals surface area contributed by atoms with Gasteiger partial charge in [-0.3, -0.25) is 19.8 Å². The van der Waals surface area contributed by atoms with Crippen molar-refractivity contribution in [2.75, 3.05) is 33.0 Å². The molecule has 0 aromatic heterocycles. The first-order chi connectivity index (χ1) is 29.2. The Morgan fingerprint density at radius 1 is 1.02 bits per heavy atom. The molecule has 6 unspecified atom stereocenters. The van der Waals surface area contributed by atoms with Crippen LogP contribution in [0.1, 0.15) is 87.1 Å². The molecule has 320 valence electrons. The molecule has 6 rings (SSSR count). The summed E-state index contributed by atoms with van der Waals surface area (Å²) in [7, 11) is 0. The zero-order valence-electron chi connectivity index (χ0n) is 34.3. The molecule has 3 aromatic rings. The number of fused-ring (bicyclic) bond motifs is 2. The number of allylic oxidation sites excluding steroid dienone is 1. The normalized spacial score (nSPS) is 23.3. The highest BCUT2D eigenvalue weighted by molar-refractivity contribution is 6.03. The van der Waals surface area contributed by atoms with Crippen LogP contribution in [0.4, 0.5) is 10.5 Å². The van der Waals surface area contributed by atoms with Crippen molar-refractivity contribution in [1.29, 1.82) is 0 Å². The molecule has 0 spiro atoms. The topological polar surface area (TPSA) is 179 Å². The van der Waals surface area contributed by atoms with Gasteiger partial charge < -0.3 is 34.0 Å². The summed E-state index contributed by atoms with van der Waals surface area (Å²) in [6, 6.07) is 17.1. The minimum Gasteiger partial charge on any atom is -0.459 e. The number of nitrogens with zero attached hydrogens (tertiary/aromatic N) is 3. The highest BCUT2D eigenvalue weighted by Crippen LogP contribution is 2.62. The molecule has 2 aliphatic carbocycles. The van der Waals surface area contributed by atoms with Crippen LogP contribution in [0.2, 0.25) is 0 Å². The van der Waals surface area contributed by atoms with E-state index in [1.165, 1.54) is 24.3 Å². The Morgan fingerprint density at radius 3 is 2.43 bits per heavy atom. The van der Waals surface area contributed by atoms with Gasteiger partial charge in [0.2, 0.25) is 5.79 Å². The highest BCUT2D eigenvalue weighted by Gasteiger charge is 2.65. The maximum atomic E-state index is 14.5. The number of unbranched alkanes of at least 4 members (excludes halogenated alkanes) is 2. The van der Waals surface area contributed by atoms with E-state index in [1.54, 1.807) is 41.3 Å². The van der Waals surface area contributed by atoms with Crippen molar-refractivity contribution < 1.29 is 48.5 Å². The van der Waals surface area contributed by atoms with E-state index in [1.807, 2.05) is 26.0 Å². The molecule has 0 radical (unpaired) electrons. The number of rotatable bonds is 21. The molecular weight excluding hydrogens is 771 g/mol. The quantitative estimate of drug-likeness (QED) is 0.0345. The molecule has 1 aliphatic heterocycles. The summed E-state index contributed by atoms with van der Waals surface area (Å²) in [5.41, 5.74) is 2.75. The molecule has 1 amide bonds. The highest BCUT2D eigenvalue weighted by atomic mass is 16.7. The van der Waals surface area contributed by atoms with Crippen molar-refractivity contribution in [3.8, 4) is 23.0 Å². The van der Waals surface area contributed by atoms with Gasteiger partial charge in [0.05, 0.1) is 23.2 Å². The van der Waals surface area contributed by atoms with Gasteiger partial charge in [0.15, 0.2) is 0 Å². The number of non-ortho nitro benzene ring substituents is 1. The lowest BCUT2D eigenvalue weighted by molar-refractivity contribution is -0.384. The minimum atomic E-state index is -1.50. The summed E-state index contributed by atoms with van der Waals surface area (Å²) in [5, 5.41) is 35.8. The molecule has 0 bridgehead atoms. The first-order valence-electron chi connectivity index (χ1n) is 20.9. The lowest BCUT2D eigenvalue weighted by atomic mass is 9.55. The Bertz CT molecular complexity index is 2040. The van der Waals surface area contributed by atoms with Gasteiger partial charge in [-0.25, -0.2) is 4.79 Å². The fourth-order valence-electron chi connectivity index (χ4n) is 9.05. The third kappa shape index (κ3) is 9.56. The van der Waals surface area contributed by atoms with E-state index >= 15 is 0 Å². The van der Waals surface area contributed by atoms with Crippen molar-refractivity contribution in [2.24, 2.45) is 22.9 Å². The van der Waals surface area contributed by atoms with Crippen LogP contribution < -0.4 is 14.2 Å². The predicted molar refractivity (Wildman–Crippen MR) is 225 cm³/mol. The van der Waals surface area contributed by atoms with Gasteiger partial charge in [0.25, 0.3) is 5.69 Å². The third-order valence-corrected chi connectivity index (χ3v) is 11.5. The van der Waals surface area contributed by atoms with Gasteiger partial charge in [-0.15, -0.1) is 6.58 Å². The summed E-state index contributed by atoms with van der Waals surface area (Å²) in [5.74, 6) is -0.588. The molecule has 1 fully saturated rings. The first-order valence-corrected chi connectivity index (χ1v) is 20.9. The lowest BCUT2D eigenvalue weighted by Gasteiger charge is -2.59. The zero-order valence-corrected chi connectivity index (χ0v) is 34.3. The van der Waals surface area contributed by atoms with Crippen LogP contribution in [0.5, 0.6) is 23.0 Å². The number of hydrogen-bond acceptors (Lipinski definition) is 12. The van der Waals surface area contributed by atoms with Gasteiger partial charge in [-0.05, 0) is 98.9 Å². The molecule has 1 heterocycles. The average Bonchev–Trinajstić information content (AvgIpc) is 3.25. The van der Waals surface area contributed by atoms with Crippen molar-refractivity contribution in [2.45, 2.75) is 83.0 Å². The average molecular weight is 826 g/mol. The Balaban J connectivity index is 1.55. The monoisotopic (exact) mass is 825 g/mol. The fourth-order valence-corrected chi connectivity index (χ4v) is 9.05. The van der Waals surface area contributed by atoms with E-state index in [0.717, 1.165) is 43.1 Å². The number of hydrogen-bond donors (Lipinski definition) is 2. The summed E-state index contributed by atoms with van der Waals surface area (Å²) >= 11 is 0. The third-order valence-electron chi connectivity index (χ3n) is 11.5. The number of oxime groups is 1. The van der Waals surface area contributed by atoms with Crippen LogP contribution in [0.3, 0.4) is 0 Å². The Kier molecular flexibility index (Phi) is 15.1. The van der Waals surface area contributed by atoms with Crippen molar-refractivity contribution in [3.05, 3.63) is 112 Å². The maximum absolute atomic E-state index is 14.5. The van der Waals surface area contributed by atoms with E-state index in [0.29, 0.717) is 54.4 Å². The number of aliphatic hydroxyl groups excluding tert-OH is 2. The largest absolute Gasteiger partial charge is 0.459 e. The summed E-state index contributed by atoms with van der Waals surface area (Å²) < 4.78 is 26.5. The Hall–Kier alpha value is -5.57. The second-order valence-electron chi connectivity index (χ2n) is 15.3. The van der Waals surface area contributed by atoms with E-state index in [9.17, 15) is 29.9 Å². The molecule has 1 saturated carbocycles. The zero-order chi connectivity index (χ0) is 42.6. The van der Waals surface area contributed by atoms with E-state index < -0.39 is 28.8 Å². The fraction of sp³-hybridized carbons (Fsp3) is 0.457. The maximum Gasteiger partial charge on any atom is 0.415 e. The van der Waals surface area contributed by atoms with Crippen LogP contribution in [-0.4, -0.2) is 82.9 Å². The molecule has 14 heteroatoms. The number of nitro benzene ring substituents is 1. The summed E-state index contributed by atoms with van der Waals surface area (Å²) in [6.45, 7) is 8.56. The number of aldehydes is 1. The Morgan fingerprint density at radius 2 is 1.75 bits per heavy atom. The predicted octanol–water partition coefficient (Wildman–Crippen LogP) is 8.76. The van der Waals surface area contributed by atoms with Crippen LogP contribution in [0.15, 0.2) is 96.2 Å². The van der Waals surface area contributed by atoms with Gasteiger partial charge in [-0.1, -0.05) is 49.2 Å². The van der Waals surface area contributed by atoms with E-state index in [4.69, 9.17) is 28.9 Å². The van der Waals surface area contributed by atoms with Crippen LogP contribution in [0, 0.1) is 27.9 Å². The number of ether oxygens (including phenoxy) is 4. The van der Waals surface area contributed by atoms with Crippen LogP contribution >= 0.6 is 0 Å². The molecule has 3 aromatic carbocycles. The van der Waals surface area contributed by atoms with Gasteiger partial charge >= 0.3 is 6.09 Å². The smallest absolute Gasteiger partial charge is 0.415 e. The standard InChI is InChI=1S/C46H55N3O11/c1-4-22-48(45(53)59-34-18-16-33(17-19-34)49(54)55)42-29-40(47-57-6-3)38-27-32(13-7-9-23-50)37(15-8-10-24-51)43-39-28-36(58-35-14-11-12-31(26-35)30-52)20-21-41(39)60-46(42,44(38)43)56-25-5-2/h5,11-12,14,16-21,26-28,30,32,37,42-44,50-51H,2,4,6-10,13,15,22-25,29H2,1,3H3. The van der Waals surface area contributed by atoms with Gasteiger partial charge in [0, 0.05) is 55.4 Å².